The molecule has 0 radical (unpaired) electrons. The molecule has 6 nitrogen and oxygen atoms in total. The molecule has 0 spiro atoms. The van der Waals surface area contributed by atoms with Gasteiger partial charge in [-0.05, 0) is 18.6 Å². The topological polar surface area (TPSA) is 81.2 Å². The van der Waals surface area contributed by atoms with Gasteiger partial charge in [-0.15, -0.1) is 0 Å². The smallest absolute Gasteiger partial charge is 0.248 e. The summed E-state index contributed by atoms with van der Waals surface area (Å²) in [5.41, 5.74) is 7.14. The highest BCUT2D eigenvalue weighted by atomic mass is 79.9. The lowest BCUT2D eigenvalue weighted by Crippen LogP contribution is -2.27. The van der Waals surface area contributed by atoms with Gasteiger partial charge in [-0.25, -0.2) is 8.42 Å². The first kappa shape index (κ1) is 16.0. The van der Waals surface area contributed by atoms with E-state index in [-0.39, 0.29) is 17.3 Å². The Balaban J connectivity index is 2.38. The van der Waals surface area contributed by atoms with Crippen LogP contribution in [0.15, 0.2) is 33.6 Å². The zero-order valence-corrected chi connectivity index (χ0v) is 14.4. The minimum absolute atomic E-state index is 0.0222. The largest absolute Gasteiger partial charge is 0.381 e. The maximum absolute atomic E-state index is 12.7. The average molecular weight is 373 g/mol. The van der Waals surface area contributed by atoms with Gasteiger partial charge < -0.3 is 5.73 Å². The summed E-state index contributed by atoms with van der Waals surface area (Å²) < 4.78 is 29.0. The molecule has 8 heteroatoms. The number of benzene rings is 1. The third-order valence-corrected chi connectivity index (χ3v) is 6.07. The third kappa shape index (κ3) is 2.97. The molecule has 0 aliphatic rings. The minimum Gasteiger partial charge on any atom is -0.381 e. The molecule has 2 N–H and O–H groups in total. The van der Waals surface area contributed by atoms with E-state index in [2.05, 4.69) is 21.0 Å². The van der Waals surface area contributed by atoms with Gasteiger partial charge in [0, 0.05) is 25.1 Å². The van der Waals surface area contributed by atoms with E-state index in [0.717, 1.165) is 10.0 Å². The summed E-state index contributed by atoms with van der Waals surface area (Å²) in [6, 6.07) is 7.49. The Bertz CT molecular complexity index is 770. The Hall–Kier alpha value is -1.38. The van der Waals surface area contributed by atoms with Crippen LogP contribution in [0.2, 0.25) is 0 Å². The molecule has 2 aromatic rings. The van der Waals surface area contributed by atoms with Gasteiger partial charge in [0.1, 0.15) is 4.90 Å². The molecule has 0 aliphatic heterocycles. The van der Waals surface area contributed by atoms with Gasteiger partial charge in [-0.3, -0.25) is 4.68 Å². The second-order valence-electron chi connectivity index (χ2n) is 4.78. The monoisotopic (exact) mass is 372 g/mol. The standard InChI is InChI=1S/C13H17BrN4O2S/c1-9-12(13(15)16-18(9)3)21(19,20)17(2)8-10-6-4-5-7-11(10)14/h4-7H,8H2,1-3H3,(H2,15,16). The Morgan fingerprint density at radius 1 is 1.38 bits per heavy atom. The molecule has 0 bridgehead atoms. The Labute approximate surface area is 132 Å². The maximum atomic E-state index is 12.7. The zero-order chi connectivity index (χ0) is 15.8. The molecule has 1 aromatic heterocycles. The molecule has 1 aromatic carbocycles. The molecule has 0 atom stereocenters. The predicted octanol–water partition coefficient (Wildman–Crippen LogP) is 1.89. The number of nitrogens with zero attached hydrogens (tertiary/aromatic N) is 3. The number of sulfonamides is 1. The fourth-order valence-corrected chi connectivity index (χ4v) is 3.88. The molecule has 0 aliphatic carbocycles. The summed E-state index contributed by atoms with van der Waals surface area (Å²) in [7, 11) is -0.497. The van der Waals surface area contributed by atoms with Crippen LogP contribution in [0.4, 0.5) is 5.82 Å². The first-order chi connectivity index (χ1) is 9.75. The van der Waals surface area contributed by atoms with Gasteiger partial charge in [0.2, 0.25) is 10.0 Å². The first-order valence-electron chi connectivity index (χ1n) is 6.24. The first-order valence-corrected chi connectivity index (χ1v) is 8.47. The van der Waals surface area contributed by atoms with Crippen molar-refractivity contribution in [3.8, 4) is 0 Å². The second-order valence-corrected chi connectivity index (χ2v) is 7.61. The number of hydrogen-bond donors (Lipinski definition) is 1. The van der Waals surface area contributed by atoms with Crippen LogP contribution in [0.5, 0.6) is 0 Å². The van der Waals surface area contributed by atoms with E-state index in [9.17, 15) is 8.42 Å². The number of rotatable bonds is 4. The molecule has 1 heterocycles. The lowest BCUT2D eigenvalue weighted by atomic mass is 10.2. The van der Waals surface area contributed by atoms with Crippen LogP contribution in [-0.4, -0.2) is 29.6 Å². The van der Waals surface area contributed by atoms with Crippen molar-refractivity contribution in [3.63, 3.8) is 0 Å². The summed E-state index contributed by atoms with van der Waals surface area (Å²) >= 11 is 3.42. The van der Waals surface area contributed by atoms with Gasteiger partial charge in [-0.1, -0.05) is 34.1 Å². The van der Waals surface area contributed by atoms with Crippen molar-refractivity contribution in [1.29, 1.82) is 0 Å². The van der Waals surface area contributed by atoms with Gasteiger partial charge in [0.15, 0.2) is 5.82 Å². The van der Waals surface area contributed by atoms with Crippen molar-refractivity contribution in [2.45, 2.75) is 18.4 Å². The van der Waals surface area contributed by atoms with Crippen molar-refractivity contribution in [2.24, 2.45) is 7.05 Å². The second kappa shape index (κ2) is 5.78. The Morgan fingerprint density at radius 2 is 2.00 bits per heavy atom. The van der Waals surface area contributed by atoms with Crippen LogP contribution in [0.1, 0.15) is 11.3 Å². The molecule has 0 fully saturated rings. The average Bonchev–Trinajstić information content (AvgIpc) is 2.66. The van der Waals surface area contributed by atoms with E-state index >= 15 is 0 Å². The van der Waals surface area contributed by atoms with Gasteiger partial charge in [0.25, 0.3) is 0 Å². The highest BCUT2D eigenvalue weighted by Crippen LogP contribution is 2.26. The van der Waals surface area contributed by atoms with Crippen LogP contribution in [0.3, 0.4) is 0 Å². The van der Waals surface area contributed by atoms with Crippen molar-refractivity contribution in [2.75, 3.05) is 12.8 Å². The Morgan fingerprint density at radius 3 is 2.52 bits per heavy atom. The summed E-state index contributed by atoms with van der Waals surface area (Å²) in [5, 5.41) is 3.96. The summed E-state index contributed by atoms with van der Waals surface area (Å²) in [6.45, 7) is 1.93. The fraction of sp³-hybridized carbons (Fsp3) is 0.308. The van der Waals surface area contributed by atoms with E-state index in [1.54, 1.807) is 14.0 Å². The zero-order valence-electron chi connectivity index (χ0n) is 12.0. The van der Waals surface area contributed by atoms with Gasteiger partial charge >= 0.3 is 0 Å². The van der Waals surface area contributed by atoms with Crippen LogP contribution in [-0.2, 0) is 23.6 Å². The molecule has 0 saturated heterocycles. The van der Waals surface area contributed by atoms with E-state index < -0.39 is 10.0 Å². The molecule has 0 unspecified atom stereocenters. The van der Waals surface area contributed by atoms with Crippen molar-refractivity contribution in [1.82, 2.24) is 14.1 Å². The number of nitrogen functional groups attached to an aromatic ring is 1. The van der Waals surface area contributed by atoms with E-state index in [1.807, 2.05) is 24.3 Å². The third-order valence-electron chi connectivity index (χ3n) is 3.32. The predicted molar refractivity (Wildman–Crippen MR) is 85.2 cm³/mol. The molecule has 0 saturated carbocycles. The lowest BCUT2D eigenvalue weighted by Gasteiger charge is -2.18. The number of anilines is 1. The van der Waals surface area contributed by atoms with Crippen molar-refractivity contribution in [3.05, 3.63) is 40.0 Å². The minimum atomic E-state index is -3.69. The highest BCUT2D eigenvalue weighted by molar-refractivity contribution is 9.10. The maximum Gasteiger partial charge on any atom is 0.248 e. The molecule has 0 amide bonds. The normalized spacial score (nSPS) is 12.0. The van der Waals surface area contributed by atoms with Crippen LogP contribution < -0.4 is 5.73 Å². The van der Waals surface area contributed by atoms with Crippen LogP contribution in [0.25, 0.3) is 0 Å². The van der Waals surface area contributed by atoms with Gasteiger partial charge in [-0.2, -0.15) is 9.40 Å². The Kier molecular flexibility index (Phi) is 4.40. The SMILES string of the molecule is Cc1c(S(=O)(=O)N(C)Cc2ccccc2Br)c(N)nn1C. The van der Waals surface area contributed by atoms with Crippen molar-refractivity contribution < 1.29 is 8.42 Å². The van der Waals surface area contributed by atoms with E-state index in [1.165, 1.54) is 16.0 Å². The molecular formula is C13H17BrN4O2S. The number of nitrogens with two attached hydrogens (primary N) is 1. The van der Waals surface area contributed by atoms with Crippen LogP contribution in [0, 0.1) is 6.92 Å². The lowest BCUT2D eigenvalue weighted by molar-refractivity contribution is 0.465. The molecule has 2 rings (SSSR count). The summed E-state index contributed by atoms with van der Waals surface area (Å²) in [4.78, 5) is 0.0690. The van der Waals surface area contributed by atoms with Crippen molar-refractivity contribution >= 4 is 31.8 Å². The van der Waals surface area contributed by atoms with E-state index in [4.69, 9.17) is 5.73 Å². The summed E-state index contributed by atoms with van der Waals surface area (Å²) in [6.07, 6.45) is 0. The summed E-state index contributed by atoms with van der Waals surface area (Å²) in [5.74, 6) is 0.0222. The fourth-order valence-electron chi connectivity index (χ4n) is 2.04. The highest BCUT2D eigenvalue weighted by Gasteiger charge is 2.29. The number of aromatic nitrogens is 2. The number of aryl methyl sites for hydroxylation is 1. The number of halogens is 1. The van der Waals surface area contributed by atoms with Crippen LogP contribution >= 0.6 is 15.9 Å². The quantitative estimate of drug-likeness (QED) is 0.888. The number of hydrogen-bond acceptors (Lipinski definition) is 4. The van der Waals surface area contributed by atoms with Gasteiger partial charge in [0.05, 0.1) is 5.69 Å². The molecule has 21 heavy (non-hydrogen) atoms. The molecule has 114 valence electrons. The van der Waals surface area contributed by atoms with E-state index in [0.29, 0.717) is 5.69 Å². The molecular weight excluding hydrogens is 356 g/mol.